The molecule has 1 unspecified atom stereocenters. The Bertz CT molecular complexity index is 2500. The van der Waals surface area contributed by atoms with Gasteiger partial charge in [0.2, 0.25) is 5.91 Å². The highest BCUT2D eigenvalue weighted by Crippen LogP contribution is 2.52. The van der Waals surface area contributed by atoms with Gasteiger partial charge in [-0.3, -0.25) is 28.9 Å². The number of piperazine rings is 2. The van der Waals surface area contributed by atoms with Gasteiger partial charge in [-0.15, -0.1) is 0 Å². The first-order valence-corrected chi connectivity index (χ1v) is 23.2. The van der Waals surface area contributed by atoms with Crippen molar-refractivity contribution in [1.29, 1.82) is 0 Å². The van der Waals surface area contributed by atoms with Crippen molar-refractivity contribution in [2.45, 2.75) is 80.9 Å². The average molecular weight is 873 g/mol. The van der Waals surface area contributed by atoms with Crippen molar-refractivity contribution in [2.24, 2.45) is 0 Å². The Morgan fingerprint density at radius 2 is 1.48 bits per heavy atom. The number of likely N-dealkylation sites (tertiary alicyclic amines) is 1. The third-order valence-corrected chi connectivity index (χ3v) is 14.7. The van der Waals surface area contributed by atoms with E-state index in [9.17, 15) is 24.0 Å². The summed E-state index contributed by atoms with van der Waals surface area (Å²) in [5, 5.41) is 11.3. The van der Waals surface area contributed by atoms with Crippen LogP contribution in [0.25, 0.3) is 10.8 Å². The summed E-state index contributed by atoms with van der Waals surface area (Å²) in [5.41, 5.74) is 1.54. The molecule has 5 saturated heterocycles. The number of aromatic amines is 1. The van der Waals surface area contributed by atoms with Crippen molar-refractivity contribution in [1.82, 2.24) is 40.0 Å². The van der Waals surface area contributed by atoms with Crippen molar-refractivity contribution in [3.05, 3.63) is 111 Å². The summed E-state index contributed by atoms with van der Waals surface area (Å²) in [6, 6.07) is 20.1. The van der Waals surface area contributed by atoms with Gasteiger partial charge in [-0.05, 0) is 92.8 Å². The number of rotatable bonds is 11. The molecule has 0 radical (unpaired) electrons. The summed E-state index contributed by atoms with van der Waals surface area (Å²) >= 11 is 0. The van der Waals surface area contributed by atoms with Gasteiger partial charge in [-0.1, -0.05) is 36.4 Å². The predicted molar refractivity (Wildman–Crippen MR) is 237 cm³/mol. The van der Waals surface area contributed by atoms with E-state index in [0.717, 1.165) is 63.7 Å². The van der Waals surface area contributed by atoms with E-state index >= 15 is 4.39 Å². The standard InChI is InChI=1S/C49H57FN8O6/c50-41-13-10-33(28-42-38-8-1-2-9-39(38)44(60)53-52-42)27-40(41)46(62)56-23-25-57(26-24-56)47(63)49-16-14-48(64-49,15-17-49)32-54-19-21-55(22-20-54)45(61)35-6-3-5-34(29-35)36-7-4-18-58(31-36)43(59)30-51-37-11-12-37/h1-3,5-6,8-10,13,27,29,36-37,51H,4,7,11-12,14-26,28,30-32H2,(H,53,60). The van der Waals surface area contributed by atoms with E-state index in [0.29, 0.717) is 98.7 Å². The monoisotopic (exact) mass is 872 g/mol. The number of nitrogens with zero attached hydrogens (tertiary/aromatic N) is 6. The molecule has 10 rings (SSSR count). The van der Waals surface area contributed by atoms with E-state index in [1.165, 1.54) is 6.07 Å². The summed E-state index contributed by atoms with van der Waals surface area (Å²) in [4.78, 5) is 76.5. The number of hydrogen-bond acceptors (Lipinski definition) is 9. The molecule has 2 bridgehead atoms. The molecule has 1 saturated carbocycles. The van der Waals surface area contributed by atoms with Crippen molar-refractivity contribution in [3.63, 3.8) is 0 Å². The molecule has 1 atom stereocenters. The number of fused-ring (bicyclic) bond motifs is 3. The highest BCUT2D eigenvalue weighted by Gasteiger charge is 2.61. The van der Waals surface area contributed by atoms with Crippen LogP contribution in [0.5, 0.6) is 0 Å². The van der Waals surface area contributed by atoms with Crippen LogP contribution in [0.1, 0.15) is 94.8 Å². The first-order valence-electron chi connectivity index (χ1n) is 23.2. The van der Waals surface area contributed by atoms with Gasteiger partial charge in [-0.25, -0.2) is 9.49 Å². The van der Waals surface area contributed by atoms with Crippen LogP contribution in [0, 0.1) is 5.82 Å². The lowest BCUT2D eigenvalue weighted by molar-refractivity contribution is -0.158. The van der Waals surface area contributed by atoms with Crippen LogP contribution in [0.2, 0.25) is 0 Å². The van der Waals surface area contributed by atoms with Crippen LogP contribution >= 0.6 is 0 Å². The molecule has 15 heteroatoms. The Labute approximate surface area is 372 Å². The quantitative estimate of drug-likeness (QED) is 0.229. The maximum atomic E-state index is 15.2. The van der Waals surface area contributed by atoms with E-state index in [1.54, 1.807) is 29.2 Å². The van der Waals surface area contributed by atoms with E-state index in [2.05, 4.69) is 26.5 Å². The summed E-state index contributed by atoms with van der Waals surface area (Å²) in [5.74, 6) is -0.642. The molecule has 64 heavy (non-hydrogen) atoms. The number of amides is 4. The van der Waals surface area contributed by atoms with E-state index in [4.69, 9.17) is 4.74 Å². The smallest absolute Gasteiger partial charge is 0.272 e. The summed E-state index contributed by atoms with van der Waals surface area (Å²) in [6.07, 6.45) is 7.48. The fourth-order valence-corrected chi connectivity index (χ4v) is 10.8. The highest BCUT2D eigenvalue weighted by atomic mass is 19.1. The molecular weight excluding hydrogens is 816 g/mol. The highest BCUT2D eigenvalue weighted by molar-refractivity contribution is 5.95. The minimum Gasteiger partial charge on any atom is -0.357 e. The number of benzene rings is 3. The Balaban J connectivity index is 0.698. The molecule has 2 N–H and O–H groups in total. The van der Waals surface area contributed by atoms with Crippen molar-refractivity contribution < 1.29 is 28.3 Å². The lowest BCUT2D eigenvalue weighted by Gasteiger charge is -2.39. The third-order valence-electron chi connectivity index (χ3n) is 14.7. The predicted octanol–water partition coefficient (Wildman–Crippen LogP) is 3.94. The van der Waals surface area contributed by atoms with Gasteiger partial charge in [0.15, 0.2) is 0 Å². The summed E-state index contributed by atoms with van der Waals surface area (Å²) < 4.78 is 22.0. The number of ether oxygens (including phenoxy) is 1. The zero-order valence-electron chi connectivity index (χ0n) is 36.4. The second-order valence-electron chi connectivity index (χ2n) is 18.9. The molecule has 6 heterocycles. The lowest BCUT2D eigenvalue weighted by atomic mass is 9.81. The van der Waals surface area contributed by atoms with Crippen LogP contribution in [-0.4, -0.2) is 154 Å². The minimum atomic E-state index is -0.870. The second kappa shape index (κ2) is 17.5. The first-order chi connectivity index (χ1) is 31.1. The number of halogens is 1. The van der Waals surface area contributed by atoms with Crippen molar-refractivity contribution in [3.8, 4) is 0 Å². The third kappa shape index (κ3) is 8.57. The zero-order valence-corrected chi connectivity index (χ0v) is 36.4. The van der Waals surface area contributed by atoms with Gasteiger partial charge < -0.3 is 29.7 Å². The Kier molecular flexibility index (Phi) is 11.6. The molecule has 6 fully saturated rings. The molecule has 336 valence electrons. The fourth-order valence-electron chi connectivity index (χ4n) is 10.8. The van der Waals surface area contributed by atoms with Crippen LogP contribution < -0.4 is 10.9 Å². The van der Waals surface area contributed by atoms with Crippen LogP contribution in [0.4, 0.5) is 4.39 Å². The maximum Gasteiger partial charge on any atom is 0.272 e. The molecule has 1 aliphatic carbocycles. The maximum absolute atomic E-state index is 15.2. The second-order valence-corrected chi connectivity index (χ2v) is 18.9. The number of H-pyrrole nitrogens is 1. The number of carbonyl (C=O) groups excluding carboxylic acids is 4. The number of piperidine rings is 1. The van der Waals surface area contributed by atoms with Gasteiger partial charge in [0.1, 0.15) is 11.4 Å². The number of carbonyl (C=O) groups is 4. The normalized spacial score (nSPS) is 25.0. The largest absolute Gasteiger partial charge is 0.357 e. The summed E-state index contributed by atoms with van der Waals surface area (Å²) in [7, 11) is 0. The number of aromatic nitrogens is 2. The fraction of sp³-hybridized carbons (Fsp3) is 0.510. The Morgan fingerprint density at radius 1 is 0.766 bits per heavy atom. The number of hydrogen-bond donors (Lipinski definition) is 2. The van der Waals surface area contributed by atoms with Crippen molar-refractivity contribution >= 4 is 34.4 Å². The van der Waals surface area contributed by atoms with Crippen LogP contribution in [0.15, 0.2) is 71.5 Å². The van der Waals surface area contributed by atoms with Crippen LogP contribution in [-0.2, 0) is 20.7 Å². The molecular formula is C49H57FN8O6. The lowest BCUT2D eigenvalue weighted by Crippen LogP contribution is -2.56. The summed E-state index contributed by atoms with van der Waals surface area (Å²) in [6.45, 7) is 6.53. The van der Waals surface area contributed by atoms with E-state index in [-0.39, 0.29) is 47.9 Å². The van der Waals surface area contributed by atoms with Gasteiger partial charge in [-0.2, -0.15) is 5.10 Å². The molecule has 4 amide bonds. The number of nitrogens with one attached hydrogen (secondary N) is 2. The van der Waals surface area contributed by atoms with Gasteiger partial charge >= 0.3 is 0 Å². The molecule has 14 nitrogen and oxygen atoms in total. The topological polar surface area (TPSA) is 151 Å². The molecule has 4 aromatic rings. The Morgan fingerprint density at radius 3 is 2.25 bits per heavy atom. The zero-order chi connectivity index (χ0) is 44.0. The van der Waals surface area contributed by atoms with Crippen molar-refractivity contribution in [2.75, 3.05) is 78.5 Å². The van der Waals surface area contributed by atoms with Gasteiger partial charge in [0.25, 0.3) is 23.3 Å². The average Bonchev–Trinajstić information content (AvgIpc) is 4.01. The molecule has 1 aromatic heterocycles. The molecule has 6 aliphatic rings. The van der Waals surface area contributed by atoms with E-state index < -0.39 is 22.9 Å². The minimum absolute atomic E-state index is 0.0245. The molecule has 3 aromatic carbocycles. The van der Waals surface area contributed by atoms with E-state index in [1.807, 2.05) is 45.0 Å². The van der Waals surface area contributed by atoms with Gasteiger partial charge in [0.05, 0.1) is 28.8 Å². The SMILES string of the molecule is O=C(CNC1CC1)N1CCCC(c2cccc(C(=O)N3CCN(CC45CCC(C(=O)N6CCN(C(=O)c7cc(Cc8n[nH]c(=O)c9ccccc89)ccc7F)CC6)(CC4)O5)CC3)c2)C1. The first kappa shape index (κ1) is 42.4. The molecule has 5 aliphatic heterocycles. The molecule has 0 spiro atoms. The van der Waals surface area contributed by atoms with Gasteiger partial charge in [0, 0.05) is 101 Å². The van der Waals surface area contributed by atoms with Crippen LogP contribution in [0.3, 0.4) is 0 Å². The Hall–Kier alpha value is -5.51.